The maximum Gasteiger partial charge on any atom is 0.254 e. The van der Waals surface area contributed by atoms with E-state index in [2.05, 4.69) is 4.98 Å². The Balaban J connectivity index is 1.59. The first-order valence-corrected chi connectivity index (χ1v) is 7.69. The summed E-state index contributed by atoms with van der Waals surface area (Å²) < 4.78 is 10.6. The molecule has 0 N–H and O–H groups in total. The van der Waals surface area contributed by atoms with E-state index in [0.717, 1.165) is 16.3 Å². The average Bonchev–Trinajstić information content (AvgIpc) is 3.09. The SMILES string of the molecule is CN(Cc1cccc2cnccc12)C(=O)c1ccc2c(c1)OCO2. The zero-order chi connectivity index (χ0) is 16.5. The van der Waals surface area contributed by atoms with E-state index >= 15 is 0 Å². The Hall–Kier alpha value is -3.08. The van der Waals surface area contributed by atoms with Crippen molar-refractivity contribution in [2.45, 2.75) is 6.54 Å². The van der Waals surface area contributed by atoms with Gasteiger partial charge in [0.1, 0.15) is 0 Å². The first kappa shape index (κ1) is 14.5. The number of hydrogen-bond donors (Lipinski definition) is 0. The third-order valence-corrected chi connectivity index (χ3v) is 4.14. The number of carbonyl (C=O) groups excluding carboxylic acids is 1. The van der Waals surface area contributed by atoms with Gasteiger partial charge in [-0.05, 0) is 35.2 Å². The van der Waals surface area contributed by atoms with Crippen LogP contribution in [0.5, 0.6) is 11.5 Å². The van der Waals surface area contributed by atoms with Crippen LogP contribution in [0.15, 0.2) is 54.9 Å². The fraction of sp³-hybridized carbons (Fsp3) is 0.158. The molecule has 1 aromatic heterocycles. The van der Waals surface area contributed by atoms with Crippen LogP contribution in [0.3, 0.4) is 0 Å². The second-order valence-electron chi connectivity index (χ2n) is 5.74. The number of benzene rings is 2. The predicted molar refractivity (Wildman–Crippen MR) is 90.1 cm³/mol. The van der Waals surface area contributed by atoms with Crippen LogP contribution in [0.4, 0.5) is 0 Å². The molecular formula is C19H16N2O3. The highest BCUT2D eigenvalue weighted by atomic mass is 16.7. The number of rotatable bonds is 3. The van der Waals surface area contributed by atoms with Crippen molar-refractivity contribution < 1.29 is 14.3 Å². The molecule has 0 fully saturated rings. The second-order valence-corrected chi connectivity index (χ2v) is 5.74. The number of nitrogens with zero attached hydrogens (tertiary/aromatic N) is 2. The quantitative estimate of drug-likeness (QED) is 0.743. The van der Waals surface area contributed by atoms with Gasteiger partial charge in [-0.3, -0.25) is 9.78 Å². The van der Waals surface area contributed by atoms with Crippen molar-refractivity contribution in [2.75, 3.05) is 13.8 Å². The van der Waals surface area contributed by atoms with Gasteiger partial charge in [-0.1, -0.05) is 18.2 Å². The number of ether oxygens (including phenoxy) is 2. The highest BCUT2D eigenvalue weighted by Crippen LogP contribution is 2.32. The van der Waals surface area contributed by atoms with Crippen molar-refractivity contribution in [3.8, 4) is 11.5 Å². The third kappa shape index (κ3) is 2.54. The molecule has 4 rings (SSSR count). The molecule has 120 valence electrons. The number of hydrogen-bond acceptors (Lipinski definition) is 4. The van der Waals surface area contributed by atoms with E-state index in [-0.39, 0.29) is 12.7 Å². The monoisotopic (exact) mass is 320 g/mol. The zero-order valence-corrected chi connectivity index (χ0v) is 13.2. The summed E-state index contributed by atoms with van der Waals surface area (Å²) in [5.41, 5.74) is 1.68. The molecule has 0 bridgehead atoms. The number of amides is 1. The lowest BCUT2D eigenvalue weighted by atomic mass is 10.1. The lowest BCUT2D eigenvalue weighted by Crippen LogP contribution is -2.26. The Bertz CT molecular complexity index is 918. The van der Waals surface area contributed by atoms with Gasteiger partial charge in [-0.15, -0.1) is 0 Å². The van der Waals surface area contributed by atoms with Gasteiger partial charge in [-0.25, -0.2) is 0 Å². The summed E-state index contributed by atoms with van der Waals surface area (Å²) in [6.07, 6.45) is 3.60. The van der Waals surface area contributed by atoms with Gasteiger partial charge in [0.05, 0.1) is 0 Å². The van der Waals surface area contributed by atoms with E-state index in [1.807, 2.05) is 30.5 Å². The summed E-state index contributed by atoms with van der Waals surface area (Å²) in [5.74, 6) is 1.24. The molecule has 0 saturated carbocycles. The Morgan fingerprint density at radius 1 is 1.17 bits per heavy atom. The van der Waals surface area contributed by atoms with Crippen LogP contribution >= 0.6 is 0 Å². The number of fused-ring (bicyclic) bond motifs is 2. The molecule has 1 amide bonds. The molecular weight excluding hydrogens is 304 g/mol. The van der Waals surface area contributed by atoms with Gasteiger partial charge in [0.15, 0.2) is 11.5 Å². The van der Waals surface area contributed by atoms with E-state index in [0.29, 0.717) is 23.6 Å². The molecule has 0 atom stereocenters. The lowest BCUT2D eigenvalue weighted by molar-refractivity contribution is 0.0785. The molecule has 0 aliphatic carbocycles. The summed E-state index contributed by atoms with van der Waals surface area (Å²) in [5, 5.41) is 2.18. The third-order valence-electron chi connectivity index (χ3n) is 4.14. The van der Waals surface area contributed by atoms with Crippen molar-refractivity contribution in [1.29, 1.82) is 0 Å². The number of carbonyl (C=O) groups is 1. The van der Waals surface area contributed by atoms with Crippen molar-refractivity contribution >= 4 is 16.7 Å². The molecule has 1 aliphatic rings. The largest absolute Gasteiger partial charge is 0.454 e. The van der Waals surface area contributed by atoms with Gasteiger partial charge in [0, 0.05) is 36.9 Å². The summed E-state index contributed by atoms with van der Waals surface area (Å²) >= 11 is 0. The Morgan fingerprint density at radius 2 is 2.04 bits per heavy atom. The second kappa shape index (κ2) is 5.85. The van der Waals surface area contributed by atoms with Crippen molar-refractivity contribution in [3.05, 3.63) is 66.0 Å². The average molecular weight is 320 g/mol. The molecule has 5 nitrogen and oxygen atoms in total. The smallest absolute Gasteiger partial charge is 0.254 e. The topological polar surface area (TPSA) is 51.7 Å². The van der Waals surface area contributed by atoms with E-state index in [9.17, 15) is 4.79 Å². The maximum atomic E-state index is 12.7. The van der Waals surface area contributed by atoms with E-state index < -0.39 is 0 Å². The normalized spacial score (nSPS) is 12.4. The molecule has 0 spiro atoms. The first-order valence-electron chi connectivity index (χ1n) is 7.69. The van der Waals surface area contributed by atoms with Crippen LogP contribution in [0.25, 0.3) is 10.8 Å². The highest BCUT2D eigenvalue weighted by Gasteiger charge is 2.18. The van der Waals surface area contributed by atoms with Crippen molar-refractivity contribution in [1.82, 2.24) is 9.88 Å². The Labute approximate surface area is 139 Å². The molecule has 0 unspecified atom stereocenters. The van der Waals surface area contributed by atoms with Gasteiger partial charge < -0.3 is 14.4 Å². The Kier molecular flexibility index (Phi) is 3.54. The molecule has 5 heteroatoms. The van der Waals surface area contributed by atoms with E-state index in [4.69, 9.17) is 9.47 Å². The molecule has 24 heavy (non-hydrogen) atoms. The standard InChI is InChI=1S/C19H16N2O3/c1-21(11-15-4-2-3-14-10-20-8-7-16(14)15)19(22)13-5-6-17-18(9-13)24-12-23-17/h2-10H,11-12H2,1H3. The van der Waals surface area contributed by atoms with Gasteiger partial charge in [0.25, 0.3) is 5.91 Å². The minimum atomic E-state index is -0.0561. The lowest BCUT2D eigenvalue weighted by Gasteiger charge is -2.18. The summed E-state index contributed by atoms with van der Waals surface area (Å²) in [6, 6.07) is 13.3. The van der Waals surface area contributed by atoms with Gasteiger partial charge in [0.2, 0.25) is 6.79 Å². The minimum absolute atomic E-state index is 0.0561. The van der Waals surface area contributed by atoms with Crippen molar-refractivity contribution in [2.24, 2.45) is 0 Å². The van der Waals surface area contributed by atoms with Crippen LogP contribution in [0, 0.1) is 0 Å². The van der Waals surface area contributed by atoms with Crippen LogP contribution in [0.1, 0.15) is 15.9 Å². The molecule has 3 aromatic rings. The predicted octanol–water partition coefficient (Wildman–Crippen LogP) is 3.24. The molecule has 1 aliphatic heterocycles. The minimum Gasteiger partial charge on any atom is -0.454 e. The van der Waals surface area contributed by atoms with Gasteiger partial charge >= 0.3 is 0 Å². The maximum absolute atomic E-state index is 12.7. The van der Waals surface area contributed by atoms with Crippen LogP contribution in [-0.4, -0.2) is 29.6 Å². The molecule has 0 radical (unpaired) electrons. The molecule has 0 saturated heterocycles. The first-order chi connectivity index (χ1) is 11.7. The summed E-state index contributed by atoms with van der Waals surface area (Å²) in [7, 11) is 1.80. The molecule has 2 aromatic carbocycles. The van der Waals surface area contributed by atoms with E-state index in [1.54, 1.807) is 36.3 Å². The zero-order valence-electron chi connectivity index (χ0n) is 13.2. The summed E-state index contributed by atoms with van der Waals surface area (Å²) in [4.78, 5) is 18.5. The van der Waals surface area contributed by atoms with Crippen molar-refractivity contribution in [3.63, 3.8) is 0 Å². The fourth-order valence-electron chi connectivity index (χ4n) is 2.90. The fourth-order valence-corrected chi connectivity index (χ4v) is 2.90. The number of aromatic nitrogens is 1. The van der Waals surface area contributed by atoms with Crippen LogP contribution in [0.2, 0.25) is 0 Å². The van der Waals surface area contributed by atoms with E-state index in [1.165, 1.54) is 0 Å². The van der Waals surface area contributed by atoms with Gasteiger partial charge in [-0.2, -0.15) is 0 Å². The van der Waals surface area contributed by atoms with Crippen LogP contribution in [-0.2, 0) is 6.54 Å². The number of pyridine rings is 1. The molecule has 2 heterocycles. The summed E-state index contributed by atoms with van der Waals surface area (Å²) in [6.45, 7) is 0.724. The Morgan fingerprint density at radius 3 is 2.96 bits per heavy atom. The highest BCUT2D eigenvalue weighted by molar-refractivity contribution is 5.95. The van der Waals surface area contributed by atoms with Crippen LogP contribution < -0.4 is 9.47 Å².